The van der Waals surface area contributed by atoms with Crippen LogP contribution in [0.5, 0.6) is 11.5 Å². The van der Waals surface area contributed by atoms with Crippen LogP contribution in [-0.2, 0) is 4.74 Å². The Morgan fingerprint density at radius 2 is 1.92 bits per heavy atom. The predicted octanol–water partition coefficient (Wildman–Crippen LogP) is 4.72. The summed E-state index contributed by atoms with van der Waals surface area (Å²) in [5.41, 5.74) is 0.569. The molecule has 3 rings (SSSR count). The van der Waals surface area contributed by atoms with Crippen molar-refractivity contribution in [3.63, 3.8) is 0 Å². The van der Waals surface area contributed by atoms with Gasteiger partial charge in [-0.25, -0.2) is 4.79 Å². The number of hydrogen-bond acceptors (Lipinski definition) is 5. The van der Waals surface area contributed by atoms with Gasteiger partial charge in [0.1, 0.15) is 17.1 Å². The molecule has 0 unspecified atom stereocenters. The predicted molar refractivity (Wildman–Crippen MR) is 90.8 cm³/mol. The number of esters is 1. The summed E-state index contributed by atoms with van der Waals surface area (Å²) in [5, 5.41) is 0.750. The van der Waals surface area contributed by atoms with Gasteiger partial charge in [0.25, 0.3) is 0 Å². The second-order valence-corrected chi connectivity index (χ2v) is 6.48. The van der Waals surface area contributed by atoms with Gasteiger partial charge in [-0.1, -0.05) is 6.42 Å². The molecule has 5 nitrogen and oxygen atoms in total. The maximum Gasteiger partial charge on any atom is 0.373 e. The van der Waals surface area contributed by atoms with Crippen LogP contribution in [0.2, 0.25) is 0 Å². The van der Waals surface area contributed by atoms with E-state index < -0.39 is 5.97 Å². The number of carbonyl (C=O) groups is 1. The molecule has 0 radical (unpaired) electrons. The number of benzene rings is 1. The molecule has 1 aromatic heterocycles. The molecule has 130 valence electrons. The van der Waals surface area contributed by atoms with Crippen molar-refractivity contribution >= 4 is 16.9 Å². The van der Waals surface area contributed by atoms with E-state index >= 15 is 0 Å². The Balaban J connectivity index is 1.95. The lowest BCUT2D eigenvalue weighted by Gasteiger charge is -2.23. The van der Waals surface area contributed by atoms with Crippen molar-refractivity contribution in [2.24, 2.45) is 0 Å². The average Bonchev–Trinajstić information content (AvgIpc) is 2.99. The van der Waals surface area contributed by atoms with Gasteiger partial charge in [-0.2, -0.15) is 0 Å². The Bertz CT molecular complexity index is 710. The normalized spacial score (nSPS) is 15.7. The Hall–Kier alpha value is -2.17. The number of hydrogen-bond donors (Lipinski definition) is 0. The molecule has 1 saturated carbocycles. The fraction of sp³-hybridized carbons (Fsp3) is 0.526. The van der Waals surface area contributed by atoms with Gasteiger partial charge in [0, 0.05) is 18.2 Å². The van der Waals surface area contributed by atoms with Crippen molar-refractivity contribution in [1.29, 1.82) is 0 Å². The molecule has 0 amide bonds. The summed E-state index contributed by atoms with van der Waals surface area (Å²) >= 11 is 0. The highest BCUT2D eigenvalue weighted by atomic mass is 16.5. The molecule has 0 bridgehead atoms. The van der Waals surface area contributed by atoms with E-state index in [4.69, 9.17) is 18.6 Å². The molecule has 1 aliphatic carbocycles. The van der Waals surface area contributed by atoms with Crippen molar-refractivity contribution in [2.45, 2.75) is 58.2 Å². The van der Waals surface area contributed by atoms with Gasteiger partial charge in [0.05, 0.1) is 24.7 Å². The summed E-state index contributed by atoms with van der Waals surface area (Å²) in [5.74, 6) is 1.04. The lowest BCUT2D eigenvalue weighted by atomic mass is 9.98. The summed E-state index contributed by atoms with van der Waals surface area (Å²) < 4.78 is 22.4. The lowest BCUT2D eigenvalue weighted by Crippen LogP contribution is -2.19. The molecule has 5 heteroatoms. The average molecular weight is 332 g/mol. The van der Waals surface area contributed by atoms with Crippen LogP contribution in [0.3, 0.4) is 0 Å². The topological polar surface area (TPSA) is 57.9 Å². The first-order valence-corrected chi connectivity index (χ1v) is 8.56. The fourth-order valence-corrected chi connectivity index (χ4v) is 3.08. The molecular weight excluding hydrogens is 308 g/mol. The summed E-state index contributed by atoms with van der Waals surface area (Å²) in [4.78, 5) is 11.7. The van der Waals surface area contributed by atoms with Gasteiger partial charge < -0.3 is 18.6 Å². The third-order valence-electron chi connectivity index (χ3n) is 4.18. The zero-order valence-corrected chi connectivity index (χ0v) is 14.5. The molecule has 1 aliphatic rings. The van der Waals surface area contributed by atoms with Crippen molar-refractivity contribution in [2.75, 3.05) is 7.11 Å². The number of methoxy groups -OCH3 is 1. The zero-order valence-electron chi connectivity index (χ0n) is 14.5. The first-order chi connectivity index (χ1) is 11.6. The molecule has 1 fully saturated rings. The first kappa shape index (κ1) is 16.7. The Morgan fingerprint density at radius 1 is 1.17 bits per heavy atom. The highest BCUT2D eigenvalue weighted by Crippen LogP contribution is 2.36. The highest BCUT2D eigenvalue weighted by Gasteiger charge is 2.20. The van der Waals surface area contributed by atoms with Crippen LogP contribution >= 0.6 is 0 Å². The summed E-state index contributed by atoms with van der Waals surface area (Å²) in [6.45, 7) is 3.92. The molecular formula is C19H24O5. The minimum absolute atomic E-state index is 0.00890. The highest BCUT2D eigenvalue weighted by molar-refractivity contribution is 5.95. The molecule has 1 aromatic carbocycles. The van der Waals surface area contributed by atoms with E-state index in [1.54, 1.807) is 6.07 Å². The van der Waals surface area contributed by atoms with Crippen molar-refractivity contribution < 1.29 is 23.4 Å². The number of ether oxygens (including phenoxy) is 3. The molecule has 2 aromatic rings. The third-order valence-corrected chi connectivity index (χ3v) is 4.18. The molecule has 0 aliphatic heterocycles. The van der Waals surface area contributed by atoms with E-state index in [1.807, 2.05) is 26.0 Å². The van der Waals surface area contributed by atoms with Gasteiger partial charge in [-0.05, 0) is 39.5 Å². The Morgan fingerprint density at radius 3 is 2.58 bits per heavy atom. The number of rotatable bonds is 5. The van der Waals surface area contributed by atoms with Gasteiger partial charge in [0.15, 0.2) is 0 Å². The minimum atomic E-state index is -0.503. The molecule has 0 spiro atoms. The molecule has 0 saturated heterocycles. The monoisotopic (exact) mass is 332 g/mol. The second-order valence-electron chi connectivity index (χ2n) is 6.48. The zero-order chi connectivity index (χ0) is 17.1. The van der Waals surface area contributed by atoms with E-state index in [0.29, 0.717) is 11.3 Å². The van der Waals surface area contributed by atoms with Gasteiger partial charge >= 0.3 is 5.97 Å². The van der Waals surface area contributed by atoms with Crippen LogP contribution in [0.1, 0.15) is 56.5 Å². The van der Waals surface area contributed by atoms with Crippen LogP contribution in [0, 0.1) is 0 Å². The van der Waals surface area contributed by atoms with Gasteiger partial charge in [-0.15, -0.1) is 0 Å². The number of fused-ring (bicyclic) bond motifs is 1. The largest absolute Gasteiger partial charge is 0.490 e. The van der Waals surface area contributed by atoms with Crippen molar-refractivity contribution in [3.05, 3.63) is 24.0 Å². The van der Waals surface area contributed by atoms with Crippen LogP contribution < -0.4 is 9.47 Å². The summed E-state index contributed by atoms with van der Waals surface area (Å²) in [7, 11) is 1.33. The second kappa shape index (κ2) is 7.16. The smallest absolute Gasteiger partial charge is 0.373 e. The molecule has 24 heavy (non-hydrogen) atoms. The van der Waals surface area contributed by atoms with Crippen LogP contribution in [0.4, 0.5) is 0 Å². The van der Waals surface area contributed by atoms with E-state index in [1.165, 1.54) is 26.4 Å². The molecule has 0 N–H and O–H groups in total. The lowest BCUT2D eigenvalue weighted by molar-refractivity contribution is 0.0567. The summed E-state index contributed by atoms with van der Waals surface area (Å²) in [6, 6.07) is 5.36. The van der Waals surface area contributed by atoms with E-state index in [2.05, 4.69) is 0 Å². The summed E-state index contributed by atoms with van der Waals surface area (Å²) in [6.07, 6.45) is 6.08. The SMILES string of the molecule is COC(=O)c1cc2c(OC(C)C)cc(OC3CCCCC3)cc2o1. The Labute approximate surface area is 141 Å². The Kier molecular flexibility index (Phi) is 4.97. The quantitative estimate of drug-likeness (QED) is 0.742. The fourth-order valence-electron chi connectivity index (χ4n) is 3.08. The van der Waals surface area contributed by atoms with E-state index in [9.17, 15) is 4.79 Å². The van der Waals surface area contributed by atoms with Crippen molar-refractivity contribution in [1.82, 2.24) is 0 Å². The van der Waals surface area contributed by atoms with Gasteiger partial charge in [0.2, 0.25) is 5.76 Å². The maximum absolute atomic E-state index is 11.7. The molecule has 0 atom stereocenters. The number of carbonyl (C=O) groups excluding carboxylic acids is 1. The van der Waals surface area contributed by atoms with E-state index in [0.717, 1.165) is 24.0 Å². The maximum atomic E-state index is 11.7. The standard InChI is InChI=1S/C19H24O5/c1-12(2)22-16-9-14(23-13-7-5-4-6-8-13)10-17-15(16)11-18(24-17)19(20)21-3/h9-13H,4-8H2,1-3H3. The number of furan rings is 1. The van der Waals surface area contributed by atoms with Crippen LogP contribution in [0.25, 0.3) is 11.0 Å². The van der Waals surface area contributed by atoms with Gasteiger partial charge in [-0.3, -0.25) is 0 Å². The first-order valence-electron chi connectivity index (χ1n) is 8.56. The van der Waals surface area contributed by atoms with Crippen molar-refractivity contribution in [3.8, 4) is 11.5 Å². The third kappa shape index (κ3) is 3.66. The van der Waals surface area contributed by atoms with E-state index in [-0.39, 0.29) is 18.0 Å². The van der Waals surface area contributed by atoms with Crippen LogP contribution in [0.15, 0.2) is 22.6 Å². The minimum Gasteiger partial charge on any atom is -0.490 e. The van der Waals surface area contributed by atoms with Crippen LogP contribution in [-0.4, -0.2) is 25.3 Å². The molecule has 1 heterocycles.